The first-order chi connectivity index (χ1) is 9.90. The second kappa shape index (κ2) is 7.22. The van der Waals surface area contributed by atoms with Gasteiger partial charge in [0, 0.05) is 31.8 Å². The van der Waals surface area contributed by atoms with Crippen molar-refractivity contribution >= 4 is 23.3 Å². The molecule has 1 aromatic carbocycles. The summed E-state index contributed by atoms with van der Waals surface area (Å²) in [7, 11) is 1.46. The van der Waals surface area contributed by atoms with E-state index in [1.807, 2.05) is 0 Å². The van der Waals surface area contributed by atoms with Crippen LogP contribution in [0.2, 0.25) is 0 Å². The molecule has 0 aliphatic rings. The van der Waals surface area contributed by atoms with Crippen LogP contribution >= 0.6 is 0 Å². The molecule has 114 valence electrons. The van der Waals surface area contributed by atoms with Crippen molar-refractivity contribution in [2.45, 2.75) is 13.3 Å². The molecule has 1 rings (SSSR count). The number of hydrogen-bond acceptors (Lipinski definition) is 5. The van der Waals surface area contributed by atoms with Gasteiger partial charge in [0.05, 0.1) is 11.3 Å². The summed E-state index contributed by atoms with van der Waals surface area (Å²) in [6.45, 7) is 2.29. The van der Waals surface area contributed by atoms with Crippen LogP contribution in [0.4, 0.5) is 11.4 Å². The fourth-order valence-corrected chi connectivity index (χ4v) is 1.90. The molecule has 0 fully saturated rings. The van der Waals surface area contributed by atoms with E-state index in [9.17, 15) is 19.7 Å². The third kappa shape index (κ3) is 4.16. The summed E-state index contributed by atoms with van der Waals surface area (Å²) in [6.07, 6.45) is -0.144. The van der Waals surface area contributed by atoms with Gasteiger partial charge in [-0.2, -0.15) is 0 Å². The van der Waals surface area contributed by atoms with Crippen LogP contribution in [0, 0.1) is 10.1 Å². The normalized spacial score (nSPS) is 10.0. The number of anilines is 1. The lowest BCUT2D eigenvalue weighted by Gasteiger charge is -2.22. The molecule has 8 nitrogen and oxygen atoms in total. The van der Waals surface area contributed by atoms with E-state index in [0.717, 1.165) is 0 Å². The number of carbonyl (C=O) groups excluding carboxylic acids is 1. The molecule has 0 unspecified atom stereocenters. The molecule has 0 aliphatic heterocycles. The molecule has 0 radical (unpaired) electrons. The van der Waals surface area contributed by atoms with E-state index < -0.39 is 10.9 Å². The minimum atomic E-state index is -0.987. The van der Waals surface area contributed by atoms with Gasteiger partial charge < -0.3 is 15.3 Å². The highest BCUT2D eigenvalue weighted by Crippen LogP contribution is 2.29. The Morgan fingerprint density at radius 2 is 2.10 bits per heavy atom. The molecule has 1 amide bonds. The summed E-state index contributed by atoms with van der Waals surface area (Å²) < 4.78 is 0. The highest BCUT2D eigenvalue weighted by atomic mass is 16.6. The van der Waals surface area contributed by atoms with Gasteiger partial charge >= 0.3 is 5.97 Å². The van der Waals surface area contributed by atoms with Gasteiger partial charge in [-0.25, -0.2) is 0 Å². The molecule has 0 aliphatic carbocycles. The first kappa shape index (κ1) is 16.4. The average Bonchev–Trinajstić information content (AvgIpc) is 2.46. The lowest BCUT2D eigenvalue weighted by Crippen LogP contribution is -2.27. The molecular weight excluding hydrogens is 278 g/mol. The predicted octanol–water partition coefficient (Wildman–Crippen LogP) is 1.26. The van der Waals surface area contributed by atoms with Gasteiger partial charge in [-0.05, 0) is 19.1 Å². The van der Waals surface area contributed by atoms with E-state index in [4.69, 9.17) is 5.11 Å². The van der Waals surface area contributed by atoms with Crippen LogP contribution in [0.25, 0.3) is 0 Å². The van der Waals surface area contributed by atoms with Crippen LogP contribution in [0.15, 0.2) is 18.2 Å². The fourth-order valence-electron chi connectivity index (χ4n) is 1.90. The Morgan fingerprint density at radius 1 is 1.43 bits per heavy atom. The second-order valence-corrected chi connectivity index (χ2v) is 4.26. The number of aliphatic carboxylic acids is 1. The van der Waals surface area contributed by atoms with Gasteiger partial charge in [0.25, 0.3) is 11.6 Å². The number of carbonyl (C=O) groups is 2. The van der Waals surface area contributed by atoms with Gasteiger partial charge in [0.1, 0.15) is 5.69 Å². The zero-order valence-corrected chi connectivity index (χ0v) is 11.8. The number of nitro benzene ring substituents is 1. The number of nitrogens with one attached hydrogen (secondary N) is 1. The second-order valence-electron chi connectivity index (χ2n) is 4.26. The quantitative estimate of drug-likeness (QED) is 0.578. The van der Waals surface area contributed by atoms with Crippen LogP contribution in [0.1, 0.15) is 23.7 Å². The molecule has 1 aromatic rings. The van der Waals surface area contributed by atoms with Crippen LogP contribution in [0.5, 0.6) is 0 Å². The van der Waals surface area contributed by atoms with E-state index in [1.54, 1.807) is 11.8 Å². The van der Waals surface area contributed by atoms with Crippen molar-refractivity contribution in [3.63, 3.8) is 0 Å². The van der Waals surface area contributed by atoms with E-state index in [2.05, 4.69) is 5.32 Å². The van der Waals surface area contributed by atoms with Gasteiger partial charge in [-0.15, -0.1) is 0 Å². The SMILES string of the molecule is CCN(CCC(=O)O)c1cc(C(=O)NC)ccc1[N+](=O)[O-]. The van der Waals surface area contributed by atoms with E-state index >= 15 is 0 Å². The van der Waals surface area contributed by atoms with Gasteiger partial charge in [-0.1, -0.05) is 0 Å². The summed E-state index contributed by atoms with van der Waals surface area (Å²) in [5.74, 6) is -1.35. The number of benzene rings is 1. The molecule has 21 heavy (non-hydrogen) atoms. The van der Waals surface area contributed by atoms with Crippen LogP contribution in [-0.4, -0.2) is 42.0 Å². The van der Waals surface area contributed by atoms with Crippen molar-refractivity contribution in [3.05, 3.63) is 33.9 Å². The van der Waals surface area contributed by atoms with Crippen molar-refractivity contribution in [1.29, 1.82) is 0 Å². The third-order valence-electron chi connectivity index (χ3n) is 2.98. The van der Waals surface area contributed by atoms with Gasteiger partial charge in [0.15, 0.2) is 0 Å². The number of carboxylic acid groups (broad SMARTS) is 1. The number of carboxylic acids is 1. The predicted molar refractivity (Wildman–Crippen MR) is 76.6 cm³/mol. The maximum Gasteiger partial charge on any atom is 0.305 e. The number of amides is 1. The summed E-state index contributed by atoms with van der Waals surface area (Å²) in [5.41, 5.74) is 0.367. The topological polar surface area (TPSA) is 113 Å². The number of rotatable bonds is 7. The number of nitro groups is 1. The molecule has 2 N–H and O–H groups in total. The molecule has 0 saturated heterocycles. The van der Waals surface area contributed by atoms with Crippen molar-refractivity contribution in [1.82, 2.24) is 5.32 Å². The number of hydrogen-bond donors (Lipinski definition) is 2. The summed E-state index contributed by atoms with van der Waals surface area (Å²) in [6, 6.07) is 4.02. The molecule has 0 atom stereocenters. The zero-order valence-electron chi connectivity index (χ0n) is 11.8. The first-order valence-corrected chi connectivity index (χ1v) is 6.38. The van der Waals surface area contributed by atoms with Crippen LogP contribution in [0.3, 0.4) is 0 Å². The van der Waals surface area contributed by atoms with Crippen LogP contribution in [-0.2, 0) is 4.79 Å². The van der Waals surface area contributed by atoms with E-state index in [-0.39, 0.29) is 35.8 Å². The third-order valence-corrected chi connectivity index (χ3v) is 2.98. The van der Waals surface area contributed by atoms with Gasteiger partial charge in [0.2, 0.25) is 0 Å². The minimum Gasteiger partial charge on any atom is -0.481 e. The fraction of sp³-hybridized carbons (Fsp3) is 0.385. The Labute approximate surface area is 121 Å². The molecule has 8 heteroatoms. The van der Waals surface area contributed by atoms with Crippen molar-refractivity contribution in [2.24, 2.45) is 0 Å². The summed E-state index contributed by atoms with van der Waals surface area (Å²) >= 11 is 0. The Morgan fingerprint density at radius 3 is 2.57 bits per heavy atom. The van der Waals surface area contributed by atoms with Crippen molar-refractivity contribution in [3.8, 4) is 0 Å². The molecular formula is C13H17N3O5. The van der Waals surface area contributed by atoms with Crippen molar-refractivity contribution in [2.75, 3.05) is 25.0 Å². The lowest BCUT2D eigenvalue weighted by molar-refractivity contribution is -0.384. The molecule has 0 bridgehead atoms. The number of nitrogens with zero attached hydrogens (tertiary/aromatic N) is 2. The highest BCUT2D eigenvalue weighted by Gasteiger charge is 2.21. The Bertz CT molecular complexity index is 559. The van der Waals surface area contributed by atoms with Crippen LogP contribution < -0.4 is 10.2 Å². The molecule has 0 spiro atoms. The Kier molecular flexibility index (Phi) is 5.65. The zero-order chi connectivity index (χ0) is 16.0. The smallest absolute Gasteiger partial charge is 0.305 e. The van der Waals surface area contributed by atoms with E-state index in [0.29, 0.717) is 6.54 Å². The Hall–Kier alpha value is -2.64. The molecule has 0 aromatic heterocycles. The van der Waals surface area contributed by atoms with Crippen molar-refractivity contribution < 1.29 is 19.6 Å². The maximum atomic E-state index is 11.6. The largest absolute Gasteiger partial charge is 0.481 e. The molecule has 0 heterocycles. The molecule has 0 saturated carbocycles. The first-order valence-electron chi connectivity index (χ1n) is 6.38. The maximum absolute atomic E-state index is 11.6. The lowest BCUT2D eigenvalue weighted by atomic mass is 10.1. The summed E-state index contributed by atoms with van der Waals surface area (Å²) in [5, 5.41) is 22.3. The monoisotopic (exact) mass is 295 g/mol. The summed E-state index contributed by atoms with van der Waals surface area (Å²) in [4.78, 5) is 34.4. The van der Waals surface area contributed by atoms with Gasteiger partial charge in [-0.3, -0.25) is 19.7 Å². The minimum absolute atomic E-state index is 0.129. The standard InChI is InChI=1S/C13H17N3O5/c1-3-15(7-6-12(17)18)11-8-9(13(19)14-2)4-5-10(11)16(20)21/h4-5,8H,3,6-7H2,1-2H3,(H,14,19)(H,17,18). The highest BCUT2D eigenvalue weighted by molar-refractivity contribution is 5.95. The van der Waals surface area contributed by atoms with E-state index in [1.165, 1.54) is 25.2 Å². The average molecular weight is 295 g/mol. The Balaban J connectivity index is 3.22.